The van der Waals surface area contributed by atoms with Gasteiger partial charge in [0.2, 0.25) is 0 Å². The van der Waals surface area contributed by atoms with E-state index in [0.29, 0.717) is 23.4 Å². The molecule has 1 aromatic carbocycles. The number of aryl methyl sites for hydroxylation is 1. The molecule has 0 bridgehead atoms. The van der Waals surface area contributed by atoms with Gasteiger partial charge < -0.3 is 14.3 Å². The van der Waals surface area contributed by atoms with Gasteiger partial charge in [-0.1, -0.05) is 6.92 Å². The Balaban J connectivity index is 1.91. The lowest BCUT2D eigenvalue weighted by atomic mass is 10.0. The number of aromatic nitrogens is 2. The van der Waals surface area contributed by atoms with E-state index < -0.39 is 9.84 Å². The third kappa shape index (κ3) is 3.27. The number of aromatic amines is 1. The molecule has 0 atom stereocenters. The maximum Gasteiger partial charge on any atom is 0.272 e. The summed E-state index contributed by atoms with van der Waals surface area (Å²) in [5.41, 5.74) is 2.01. The van der Waals surface area contributed by atoms with Gasteiger partial charge in [-0.25, -0.2) is 8.42 Å². The number of nitrogens with zero attached hydrogens (tertiary/aromatic N) is 1. The minimum atomic E-state index is -3.37. The van der Waals surface area contributed by atoms with Crippen molar-refractivity contribution < 1.29 is 13.2 Å². The molecule has 7 heteroatoms. The molecule has 0 amide bonds. The van der Waals surface area contributed by atoms with Crippen molar-refractivity contribution in [2.24, 2.45) is 12.5 Å². The van der Waals surface area contributed by atoms with Gasteiger partial charge in [0.05, 0.1) is 11.5 Å². The molecule has 6 nitrogen and oxygen atoms in total. The molecule has 2 aromatic heterocycles. The number of fused-ring (bicyclic) bond motifs is 1. The van der Waals surface area contributed by atoms with E-state index in [1.165, 1.54) is 6.26 Å². The summed E-state index contributed by atoms with van der Waals surface area (Å²) in [6.45, 7) is 2.76. The highest BCUT2D eigenvalue weighted by Crippen LogP contribution is 2.46. The van der Waals surface area contributed by atoms with Crippen LogP contribution in [0.15, 0.2) is 46.3 Å². The average Bonchev–Trinajstić information content (AvgIpc) is 3.24. The van der Waals surface area contributed by atoms with Crippen LogP contribution in [0, 0.1) is 5.41 Å². The van der Waals surface area contributed by atoms with Gasteiger partial charge in [0.25, 0.3) is 5.56 Å². The zero-order valence-electron chi connectivity index (χ0n) is 15.6. The number of rotatable bonds is 5. The van der Waals surface area contributed by atoms with Gasteiger partial charge >= 0.3 is 0 Å². The van der Waals surface area contributed by atoms with Crippen molar-refractivity contribution >= 4 is 20.7 Å². The monoisotopic (exact) mass is 386 g/mol. The summed E-state index contributed by atoms with van der Waals surface area (Å²) in [5, 5.41) is 0.759. The zero-order chi connectivity index (χ0) is 19.4. The molecule has 1 aliphatic rings. The molecule has 142 valence electrons. The van der Waals surface area contributed by atoms with Crippen LogP contribution in [0.25, 0.3) is 22.0 Å². The number of hydrogen-bond donors (Lipinski definition) is 1. The standard InChI is InChI=1S/C20H22N2O4S/c1-20(7-8-20)12-26-17-5-4-13(27(3,24)25)10-15(17)16-11-22(2)18-14(16)6-9-21-19(18)23/h4-6,9-11H,7-8,12H2,1-3H3,(H,21,23). The van der Waals surface area contributed by atoms with Crippen LogP contribution >= 0.6 is 0 Å². The number of ether oxygens (including phenoxy) is 1. The summed E-state index contributed by atoms with van der Waals surface area (Å²) in [7, 11) is -1.57. The number of benzene rings is 1. The van der Waals surface area contributed by atoms with Crippen LogP contribution in [-0.2, 0) is 16.9 Å². The van der Waals surface area contributed by atoms with Crippen LogP contribution in [0.3, 0.4) is 0 Å². The first-order valence-electron chi connectivity index (χ1n) is 8.82. The Labute approximate surface area is 157 Å². The Bertz CT molecular complexity index is 1200. The normalized spacial score (nSPS) is 15.8. The van der Waals surface area contributed by atoms with E-state index in [-0.39, 0.29) is 15.9 Å². The van der Waals surface area contributed by atoms with Crippen molar-refractivity contribution in [2.75, 3.05) is 12.9 Å². The first-order chi connectivity index (χ1) is 12.7. The fourth-order valence-corrected chi connectivity index (χ4v) is 3.91. The Hall–Kier alpha value is -2.54. The van der Waals surface area contributed by atoms with Gasteiger partial charge in [-0.3, -0.25) is 4.79 Å². The van der Waals surface area contributed by atoms with Crippen LogP contribution in [-0.4, -0.2) is 30.8 Å². The lowest BCUT2D eigenvalue weighted by molar-refractivity contribution is 0.248. The van der Waals surface area contributed by atoms with Gasteiger partial charge in [0.1, 0.15) is 11.3 Å². The maximum absolute atomic E-state index is 12.2. The SMILES string of the molecule is Cn1cc(-c2cc(S(C)(=O)=O)ccc2OCC2(C)CC2)c2cc[nH]c(=O)c21. The molecule has 3 aromatic rings. The summed E-state index contributed by atoms with van der Waals surface area (Å²) in [4.78, 5) is 15.1. The Morgan fingerprint density at radius 3 is 2.63 bits per heavy atom. The van der Waals surface area contributed by atoms with Gasteiger partial charge in [0.15, 0.2) is 9.84 Å². The Kier molecular flexibility index (Phi) is 3.96. The highest BCUT2D eigenvalue weighted by molar-refractivity contribution is 7.90. The first kappa shape index (κ1) is 17.9. The molecule has 0 aliphatic heterocycles. The van der Waals surface area contributed by atoms with Crippen molar-refractivity contribution in [2.45, 2.75) is 24.7 Å². The van der Waals surface area contributed by atoms with E-state index in [9.17, 15) is 13.2 Å². The second-order valence-corrected chi connectivity index (χ2v) is 9.77. The fraction of sp³-hybridized carbons (Fsp3) is 0.350. The largest absolute Gasteiger partial charge is 0.492 e. The lowest BCUT2D eigenvalue weighted by Crippen LogP contribution is -2.09. The lowest BCUT2D eigenvalue weighted by Gasteiger charge is -2.15. The average molecular weight is 386 g/mol. The topological polar surface area (TPSA) is 81.2 Å². The molecule has 1 aliphatic carbocycles. The second kappa shape index (κ2) is 5.99. The van der Waals surface area contributed by atoms with Crippen molar-refractivity contribution in [3.05, 3.63) is 47.0 Å². The second-order valence-electron chi connectivity index (χ2n) is 7.75. The first-order valence-corrected chi connectivity index (χ1v) is 10.7. The molecular weight excluding hydrogens is 364 g/mol. The van der Waals surface area contributed by atoms with E-state index in [4.69, 9.17) is 4.74 Å². The summed E-state index contributed by atoms with van der Waals surface area (Å²) in [6.07, 6.45) is 6.89. The third-order valence-corrected chi connectivity index (χ3v) is 6.36. The summed E-state index contributed by atoms with van der Waals surface area (Å²) in [6, 6.07) is 6.74. The quantitative estimate of drug-likeness (QED) is 0.730. The van der Waals surface area contributed by atoms with Crippen molar-refractivity contribution in [1.29, 1.82) is 0 Å². The van der Waals surface area contributed by atoms with E-state index in [2.05, 4.69) is 11.9 Å². The molecule has 2 heterocycles. The van der Waals surface area contributed by atoms with E-state index in [1.807, 2.05) is 12.3 Å². The van der Waals surface area contributed by atoms with Gasteiger partial charge in [-0.15, -0.1) is 0 Å². The fourth-order valence-electron chi connectivity index (χ4n) is 3.27. The molecule has 0 radical (unpaired) electrons. The van der Waals surface area contributed by atoms with Crippen molar-refractivity contribution in [3.8, 4) is 16.9 Å². The molecular formula is C20H22N2O4S. The molecule has 1 N–H and O–H groups in total. The van der Waals surface area contributed by atoms with Crippen LogP contribution in [0.1, 0.15) is 19.8 Å². The molecule has 4 rings (SSSR count). The molecule has 1 fully saturated rings. The predicted molar refractivity (Wildman–Crippen MR) is 105 cm³/mol. The minimum Gasteiger partial charge on any atom is -0.492 e. The summed E-state index contributed by atoms with van der Waals surface area (Å²) in [5.74, 6) is 0.628. The van der Waals surface area contributed by atoms with Gasteiger partial charge in [-0.05, 0) is 37.1 Å². The molecule has 0 unspecified atom stereocenters. The summed E-state index contributed by atoms with van der Waals surface area (Å²) >= 11 is 0. The number of pyridine rings is 1. The maximum atomic E-state index is 12.2. The van der Waals surface area contributed by atoms with Crippen LogP contribution in [0.2, 0.25) is 0 Å². The van der Waals surface area contributed by atoms with Gasteiger partial charge in [-0.2, -0.15) is 0 Å². The van der Waals surface area contributed by atoms with E-state index in [0.717, 1.165) is 23.8 Å². The molecule has 0 spiro atoms. The number of sulfone groups is 1. The number of nitrogens with one attached hydrogen (secondary N) is 1. The minimum absolute atomic E-state index is 0.187. The highest BCUT2D eigenvalue weighted by atomic mass is 32.2. The summed E-state index contributed by atoms with van der Waals surface area (Å²) < 4.78 is 32.0. The van der Waals surface area contributed by atoms with Gasteiger partial charge in [0, 0.05) is 47.6 Å². The Morgan fingerprint density at radius 1 is 1.22 bits per heavy atom. The Morgan fingerprint density at radius 2 is 1.96 bits per heavy atom. The molecule has 1 saturated carbocycles. The predicted octanol–water partition coefficient (Wildman–Crippen LogP) is 3.12. The number of H-pyrrole nitrogens is 1. The van der Waals surface area contributed by atoms with Crippen molar-refractivity contribution in [3.63, 3.8) is 0 Å². The van der Waals surface area contributed by atoms with Crippen molar-refractivity contribution in [1.82, 2.24) is 9.55 Å². The number of hydrogen-bond acceptors (Lipinski definition) is 4. The van der Waals surface area contributed by atoms with Crippen LogP contribution < -0.4 is 10.3 Å². The molecule has 27 heavy (non-hydrogen) atoms. The highest BCUT2D eigenvalue weighted by Gasteiger charge is 2.38. The van der Waals surface area contributed by atoms with E-state index >= 15 is 0 Å². The molecule has 0 saturated heterocycles. The third-order valence-electron chi connectivity index (χ3n) is 5.25. The smallest absolute Gasteiger partial charge is 0.272 e. The van der Waals surface area contributed by atoms with E-state index in [1.54, 1.807) is 36.0 Å². The zero-order valence-corrected chi connectivity index (χ0v) is 16.4. The van der Waals surface area contributed by atoms with Crippen LogP contribution in [0.4, 0.5) is 0 Å². The van der Waals surface area contributed by atoms with Crippen LogP contribution in [0.5, 0.6) is 5.75 Å².